The maximum atomic E-state index is 12.0. The summed E-state index contributed by atoms with van der Waals surface area (Å²) in [5.74, 6) is 1.32. The summed E-state index contributed by atoms with van der Waals surface area (Å²) in [6, 6.07) is 4.10. The van der Waals surface area contributed by atoms with Crippen molar-refractivity contribution in [3.05, 3.63) is 36.5 Å². The van der Waals surface area contributed by atoms with Crippen LogP contribution in [-0.2, 0) is 11.3 Å². The minimum absolute atomic E-state index is 0.0679. The van der Waals surface area contributed by atoms with E-state index in [1.165, 1.54) is 0 Å². The van der Waals surface area contributed by atoms with Gasteiger partial charge in [-0.1, -0.05) is 0 Å². The van der Waals surface area contributed by atoms with Crippen molar-refractivity contribution in [3.63, 3.8) is 0 Å². The highest BCUT2D eigenvalue weighted by Crippen LogP contribution is 2.36. The third kappa shape index (κ3) is 3.85. The number of β-amino-alcohol motifs (C(OH)–C–C–N with tert-alkyl or cyclic N) is 1. The van der Waals surface area contributed by atoms with Crippen LogP contribution in [0.25, 0.3) is 0 Å². The second-order valence-corrected chi connectivity index (χ2v) is 7.14. The second kappa shape index (κ2) is 7.41. The third-order valence-corrected chi connectivity index (χ3v) is 5.21. The molecule has 1 saturated carbocycles. The van der Waals surface area contributed by atoms with Crippen LogP contribution in [0.1, 0.15) is 37.3 Å². The molecule has 1 amide bonds. The molecular weight excluding hydrogens is 332 g/mol. The van der Waals surface area contributed by atoms with Crippen molar-refractivity contribution < 1.29 is 9.90 Å². The average molecular weight is 356 g/mol. The summed E-state index contributed by atoms with van der Waals surface area (Å²) in [5, 5.41) is 16.9. The first-order chi connectivity index (χ1) is 12.7. The van der Waals surface area contributed by atoms with E-state index >= 15 is 0 Å². The minimum atomic E-state index is -0.265. The summed E-state index contributed by atoms with van der Waals surface area (Å²) in [6.07, 6.45) is 7.96. The molecule has 1 aliphatic heterocycles. The fourth-order valence-electron chi connectivity index (χ4n) is 3.63. The number of carbonyl (C=O) groups excluding carboxylic acids is 1. The molecule has 0 spiro atoms. The van der Waals surface area contributed by atoms with Gasteiger partial charge in [0.1, 0.15) is 12.1 Å². The van der Waals surface area contributed by atoms with Gasteiger partial charge in [0.05, 0.1) is 6.10 Å². The lowest BCUT2D eigenvalue weighted by molar-refractivity contribution is -0.122. The van der Waals surface area contributed by atoms with Crippen molar-refractivity contribution in [3.8, 4) is 0 Å². The molecule has 1 aliphatic carbocycles. The number of nitrogens with one attached hydrogen (secondary N) is 1. The van der Waals surface area contributed by atoms with Crippen molar-refractivity contribution in [2.45, 2.75) is 50.3 Å². The van der Waals surface area contributed by atoms with E-state index in [-0.39, 0.29) is 18.1 Å². The predicted molar refractivity (Wildman–Crippen MR) is 95.6 cm³/mol. The maximum Gasteiger partial charge on any atom is 0.222 e. The molecule has 138 valence electrons. The van der Waals surface area contributed by atoms with Crippen LogP contribution < -0.4 is 10.2 Å². The van der Waals surface area contributed by atoms with Gasteiger partial charge in [0.15, 0.2) is 0 Å². The van der Waals surface area contributed by atoms with Crippen LogP contribution in [0.15, 0.2) is 30.9 Å². The van der Waals surface area contributed by atoms with Crippen molar-refractivity contribution in [1.29, 1.82) is 0 Å². The monoisotopic (exact) mass is 356 g/mol. The largest absolute Gasteiger partial charge is 0.391 e. The molecule has 2 fully saturated rings. The SMILES string of the molecule is O=C(CCn1cccn1)NC1CC(c2cc(N3CC[C@@H](O)C3)ncn2)C1. The summed E-state index contributed by atoms with van der Waals surface area (Å²) < 4.78 is 1.76. The molecule has 3 heterocycles. The number of rotatable bonds is 6. The zero-order valence-corrected chi connectivity index (χ0v) is 14.7. The van der Waals surface area contributed by atoms with Crippen molar-refractivity contribution >= 4 is 11.7 Å². The number of anilines is 1. The molecule has 2 N–H and O–H groups in total. The van der Waals surface area contributed by atoms with E-state index in [9.17, 15) is 9.90 Å². The van der Waals surface area contributed by atoms with Gasteiger partial charge in [-0.2, -0.15) is 5.10 Å². The Bertz CT molecular complexity index is 744. The quantitative estimate of drug-likeness (QED) is 0.791. The molecule has 0 radical (unpaired) electrons. The van der Waals surface area contributed by atoms with E-state index in [0.717, 1.165) is 37.3 Å². The smallest absolute Gasteiger partial charge is 0.222 e. The van der Waals surface area contributed by atoms with E-state index < -0.39 is 0 Å². The standard InChI is InChI=1S/C18H24N6O2/c25-15-2-6-23(11-15)17-10-16(19-12-20-17)13-8-14(9-13)22-18(26)3-7-24-5-1-4-21-24/h1,4-5,10,12-15,25H,2-3,6-9,11H2,(H,22,26)/t13?,14?,15-/m1/s1. The Morgan fingerprint density at radius 2 is 2.23 bits per heavy atom. The highest BCUT2D eigenvalue weighted by molar-refractivity contribution is 5.76. The molecule has 4 rings (SSSR count). The van der Waals surface area contributed by atoms with Crippen LogP contribution in [0.5, 0.6) is 0 Å². The number of hydrogen-bond donors (Lipinski definition) is 2. The first-order valence-corrected chi connectivity index (χ1v) is 9.19. The molecule has 8 heteroatoms. The van der Waals surface area contributed by atoms with Gasteiger partial charge in [-0.05, 0) is 25.3 Å². The third-order valence-electron chi connectivity index (χ3n) is 5.21. The number of aryl methyl sites for hydroxylation is 1. The fourth-order valence-corrected chi connectivity index (χ4v) is 3.63. The summed E-state index contributed by atoms with van der Waals surface area (Å²) >= 11 is 0. The van der Waals surface area contributed by atoms with E-state index in [4.69, 9.17) is 0 Å². The number of aliphatic hydroxyl groups excluding tert-OH is 1. The number of aliphatic hydroxyl groups is 1. The molecule has 26 heavy (non-hydrogen) atoms. The summed E-state index contributed by atoms with van der Waals surface area (Å²) in [5.41, 5.74) is 1.03. The Kier molecular flexibility index (Phi) is 4.83. The molecular formula is C18H24N6O2. The van der Waals surface area contributed by atoms with Crippen LogP contribution in [0.2, 0.25) is 0 Å². The van der Waals surface area contributed by atoms with Crippen LogP contribution in [0.3, 0.4) is 0 Å². The van der Waals surface area contributed by atoms with Crippen LogP contribution in [0, 0.1) is 0 Å². The molecule has 8 nitrogen and oxygen atoms in total. The Hall–Kier alpha value is -2.48. The lowest BCUT2D eigenvalue weighted by Crippen LogP contribution is -2.43. The van der Waals surface area contributed by atoms with Crippen molar-refractivity contribution in [1.82, 2.24) is 25.1 Å². The van der Waals surface area contributed by atoms with Gasteiger partial charge >= 0.3 is 0 Å². The van der Waals surface area contributed by atoms with Gasteiger partial charge in [-0.3, -0.25) is 9.48 Å². The predicted octanol–water partition coefficient (Wildman–Crippen LogP) is 0.697. The zero-order valence-electron chi connectivity index (χ0n) is 14.7. The molecule has 1 saturated heterocycles. The second-order valence-electron chi connectivity index (χ2n) is 7.14. The van der Waals surface area contributed by atoms with Gasteiger partial charge in [0, 0.05) is 62.2 Å². The number of aromatic nitrogens is 4. The molecule has 1 atom stereocenters. The van der Waals surface area contributed by atoms with Crippen LogP contribution in [0.4, 0.5) is 5.82 Å². The topological polar surface area (TPSA) is 96.2 Å². The van der Waals surface area contributed by atoms with Gasteiger partial charge in [0.25, 0.3) is 0 Å². The van der Waals surface area contributed by atoms with E-state index in [0.29, 0.717) is 25.4 Å². The first-order valence-electron chi connectivity index (χ1n) is 9.19. The highest BCUT2D eigenvalue weighted by Gasteiger charge is 2.33. The highest BCUT2D eigenvalue weighted by atomic mass is 16.3. The molecule has 0 unspecified atom stereocenters. The maximum absolute atomic E-state index is 12.0. The number of hydrogen-bond acceptors (Lipinski definition) is 6. The van der Waals surface area contributed by atoms with Crippen LogP contribution in [-0.4, -0.2) is 56.0 Å². The summed E-state index contributed by atoms with van der Waals surface area (Å²) in [7, 11) is 0. The summed E-state index contributed by atoms with van der Waals surface area (Å²) in [4.78, 5) is 22.9. The van der Waals surface area contributed by atoms with Gasteiger partial charge in [-0.15, -0.1) is 0 Å². The Balaban J connectivity index is 1.25. The minimum Gasteiger partial charge on any atom is -0.391 e. The van der Waals surface area contributed by atoms with E-state index in [1.54, 1.807) is 17.2 Å². The molecule has 0 bridgehead atoms. The lowest BCUT2D eigenvalue weighted by Gasteiger charge is -2.35. The Morgan fingerprint density at radius 1 is 1.35 bits per heavy atom. The molecule has 0 aromatic carbocycles. The van der Waals surface area contributed by atoms with E-state index in [1.807, 2.05) is 18.3 Å². The van der Waals surface area contributed by atoms with Gasteiger partial charge in [-0.25, -0.2) is 9.97 Å². The first kappa shape index (κ1) is 17.0. The lowest BCUT2D eigenvalue weighted by atomic mass is 9.78. The average Bonchev–Trinajstić information content (AvgIpc) is 3.27. The molecule has 2 aromatic rings. The Labute approximate surface area is 152 Å². The summed E-state index contributed by atoms with van der Waals surface area (Å²) in [6.45, 7) is 2.07. The van der Waals surface area contributed by atoms with Crippen LogP contribution >= 0.6 is 0 Å². The fraction of sp³-hybridized carbons (Fsp3) is 0.556. The molecule has 2 aromatic heterocycles. The Morgan fingerprint density at radius 3 is 2.96 bits per heavy atom. The molecule has 2 aliphatic rings. The number of amides is 1. The van der Waals surface area contributed by atoms with E-state index in [2.05, 4.69) is 25.3 Å². The van der Waals surface area contributed by atoms with Gasteiger partial charge in [0.2, 0.25) is 5.91 Å². The number of nitrogens with zero attached hydrogens (tertiary/aromatic N) is 5. The van der Waals surface area contributed by atoms with Crippen molar-refractivity contribution in [2.24, 2.45) is 0 Å². The van der Waals surface area contributed by atoms with Gasteiger partial charge < -0.3 is 15.3 Å². The van der Waals surface area contributed by atoms with Crippen molar-refractivity contribution in [2.75, 3.05) is 18.0 Å². The number of carbonyl (C=O) groups is 1. The normalized spacial score (nSPS) is 25.1. The zero-order chi connectivity index (χ0) is 17.9.